The maximum absolute atomic E-state index is 12.5. The van der Waals surface area contributed by atoms with Crippen LogP contribution >= 0.6 is 0 Å². The van der Waals surface area contributed by atoms with Crippen LogP contribution in [0.15, 0.2) is 36.5 Å². The molecule has 0 spiro atoms. The molecule has 3 rings (SSSR count). The van der Waals surface area contributed by atoms with Crippen molar-refractivity contribution in [2.75, 3.05) is 13.7 Å². The number of carboxylic acid groups (broad SMARTS) is 1. The number of carbonyl (C=O) groups excluding carboxylic acids is 1. The Morgan fingerprint density at radius 3 is 2.75 bits per heavy atom. The average molecular weight is 330 g/mol. The van der Waals surface area contributed by atoms with Gasteiger partial charge < -0.3 is 14.7 Å². The molecule has 2 atom stereocenters. The number of benzene rings is 1. The Morgan fingerprint density at radius 1 is 1.33 bits per heavy atom. The maximum atomic E-state index is 12.5. The summed E-state index contributed by atoms with van der Waals surface area (Å²) in [6.07, 6.45) is 1.71. The minimum absolute atomic E-state index is 0.0555. The number of hydrogen-bond acceptors (Lipinski definition) is 5. The van der Waals surface area contributed by atoms with Crippen molar-refractivity contribution in [2.45, 2.75) is 25.1 Å². The molecular weight excluding hydrogens is 312 g/mol. The zero-order chi connectivity index (χ0) is 17.1. The van der Waals surface area contributed by atoms with E-state index in [0.29, 0.717) is 12.1 Å². The van der Waals surface area contributed by atoms with Crippen molar-refractivity contribution < 1.29 is 19.4 Å². The summed E-state index contributed by atoms with van der Waals surface area (Å²) in [5.74, 6) is -1.34. The first-order chi connectivity index (χ1) is 11.6. The van der Waals surface area contributed by atoms with Crippen molar-refractivity contribution in [3.8, 4) is 11.3 Å². The topological polar surface area (TPSA) is 97.6 Å². The molecule has 1 saturated heterocycles. The van der Waals surface area contributed by atoms with Crippen molar-refractivity contribution in [3.63, 3.8) is 0 Å². The van der Waals surface area contributed by atoms with Gasteiger partial charge in [0.25, 0.3) is 0 Å². The number of amides is 1. The van der Waals surface area contributed by atoms with Gasteiger partial charge in [0.15, 0.2) is 0 Å². The lowest BCUT2D eigenvalue weighted by Gasteiger charge is -2.20. The van der Waals surface area contributed by atoms with Crippen molar-refractivity contribution >= 4 is 11.9 Å². The van der Waals surface area contributed by atoms with Crippen LogP contribution in [-0.2, 0) is 20.9 Å². The van der Waals surface area contributed by atoms with Crippen LogP contribution in [0.3, 0.4) is 0 Å². The van der Waals surface area contributed by atoms with Gasteiger partial charge in [-0.25, -0.2) is 9.48 Å². The lowest BCUT2D eigenvalue weighted by molar-refractivity contribution is -0.148. The summed E-state index contributed by atoms with van der Waals surface area (Å²) in [6, 6.07) is 8.64. The molecule has 0 aliphatic carbocycles. The van der Waals surface area contributed by atoms with Crippen LogP contribution < -0.4 is 0 Å². The van der Waals surface area contributed by atoms with Crippen LogP contribution in [0.4, 0.5) is 0 Å². The summed E-state index contributed by atoms with van der Waals surface area (Å²) in [7, 11) is 1.51. The van der Waals surface area contributed by atoms with Crippen molar-refractivity contribution in [1.29, 1.82) is 0 Å². The number of aromatic nitrogens is 3. The smallest absolute Gasteiger partial charge is 0.326 e. The lowest BCUT2D eigenvalue weighted by Crippen LogP contribution is -2.42. The number of ether oxygens (including phenoxy) is 1. The molecule has 1 N–H and O–H groups in total. The third-order valence-electron chi connectivity index (χ3n) is 4.11. The summed E-state index contributed by atoms with van der Waals surface area (Å²) in [6.45, 7) is 0.215. The fourth-order valence-corrected chi connectivity index (χ4v) is 2.82. The Balaban J connectivity index is 1.71. The van der Waals surface area contributed by atoms with Crippen LogP contribution in [-0.4, -0.2) is 62.7 Å². The molecule has 24 heavy (non-hydrogen) atoms. The van der Waals surface area contributed by atoms with Crippen LogP contribution in [0.25, 0.3) is 11.3 Å². The molecule has 2 heterocycles. The number of carbonyl (C=O) groups is 2. The fourth-order valence-electron chi connectivity index (χ4n) is 2.82. The number of carboxylic acids is 1. The van der Waals surface area contributed by atoms with Gasteiger partial charge >= 0.3 is 5.97 Å². The quantitative estimate of drug-likeness (QED) is 0.864. The van der Waals surface area contributed by atoms with Crippen LogP contribution in [0.2, 0.25) is 0 Å². The summed E-state index contributed by atoms with van der Waals surface area (Å²) in [4.78, 5) is 25.1. The second-order valence-corrected chi connectivity index (χ2v) is 5.66. The highest BCUT2D eigenvalue weighted by Gasteiger charge is 2.39. The van der Waals surface area contributed by atoms with E-state index in [1.54, 1.807) is 6.20 Å². The van der Waals surface area contributed by atoms with Gasteiger partial charge in [-0.3, -0.25) is 4.79 Å². The minimum atomic E-state index is -1.02. The number of likely N-dealkylation sites (tertiary alicyclic amines) is 1. The normalized spacial score (nSPS) is 20.3. The van der Waals surface area contributed by atoms with Gasteiger partial charge in [0.1, 0.15) is 18.3 Å². The predicted octanol–water partition coefficient (Wildman–Crippen LogP) is 0.646. The highest BCUT2D eigenvalue weighted by Crippen LogP contribution is 2.21. The number of hydrogen-bond donors (Lipinski definition) is 1. The minimum Gasteiger partial charge on any atom is -0.480 e. The van der Waals surface area contributed by atoms with E-state index in [4.69, 9.17) is 4.74 Å². The van der Waals surface area contributed by atoms with E-state index < -0.39 is 12.0 Å². The molecule has 1 aliphatic heterocycles. The second-order valence-electron chi connectivity index (χ2n) is 5.66. The number of nitrogens with zero attached hydrogens (tertiary/aromatic N) is 4. The average Bonchev–Trinajstić information content (AvgIpc) is 3.22. The van der Waals surface area contributed by atoms with E-state index >= 15 is 0 Å². The van der Waals surface area contributed by atoms with E-state index in [9.17, 15) is 14.7 Å². The standard InChI is InChI=1S/C16H18N4O4/c1-24-12-7-14(16(22)23)20(8-12)15(21)10-19-9-13(17-18-19)11-5-3-2-4-6-11/h2-6,9,12,14H,7-8,10H2,1H3,(H,22,23). The first-order valence-electron chi connectivity index (χ1n) is 7.59. The zero-order valence-corrected chi connectivity index (χ0v) is 13.2. The lowest BCUT2D eigenvalue weighted by atomic mass is 10.2. The number of methoxy groups -OCH3 is 1. The summed E-state index contributed by atoms with van der Waals surface area (Å²) in [5.41, 5.74) is 1.56. The van der Waals surface area contributed by atoms with Crippen molar-refractivity contribution in [3.05, 3.63) is 36.5 Å². The Kier molecular flexibility index (Phi) is 4.57. The Hall–Kier alpha value is -2.74. The monoisotopic (exact) mass is 330 g/mol. The van der Waals surface area contributed by atoms with Gasteiger partial charge in [0.2, 0.25) is 5.91 Å². The summed E-state index contributed by atoms with van der Waals surface area (Å²) in [5, 5.41) is 17.3. The molecule has 1 amide bonds. The van der Waals surface area contributed by atoms with Crippen LogP contribution in [0.5, 0.6) is 0 Å². The first kappa shape index (κ1) is 16.1. The third-order valence-corrected chi connectivity index (χ3v) is 4.11. The molecule has 8 nitrogen and oxygen atoms in total. The van der Waals surface area contributed by atoms with Gasteiger partial charge in [-0.05, 0) is 0 Å². The molecular formula is C16H18N4O4. The largest absolute Gasteiger partial charge is 0.480 e. The van der Waals surface area contributed by atoms with E-state index in [-0.39, 0.29) is 25.1 Å². The van der Waals surface area contributed by atoms with Gasteiger partial charge in [-0.1, -0.05) is 35.5 Å². The van der Waals surface area contributed by atoms with E-state index in [1.807, 2.05) is 30.3 Å². The maximum Gasteiger partial charge on any atom is 0.326 e. The molecule has 0 radical (unpaired) electrons. The van der Waals surface area contributed by atoms with E-state index in [2.05, 4.69) is 10.3 Å². The molecule has 0 saturated carbocycles. The highest BCUT2D eigenvalue weighted by molar-refractivity contribution is 5.84. The van der Waals surface area contributed by atoms with Gasteiger partial charge in [0.05, 0.1) is 12.3 Å². The molecule has 0 bridgehead atoms. The summed E-state index contributed by atoms with van der Waals surface area (Å²) < 4.78 is 6.61. The van der Waals surface area contributed by atoms with Gasteiger partial charge in [-0.2, -0.15) is 0 Å². The number of aliphatic carboxylic acids is 1. The Bertz CT molecular complexity index is 731. The third kappa shape index (κ3) is 3.28. The van der Waals surface area contributed by atoms with E-state index in [0.717, 1.165) is 5.56 Å². The summed E-state index contributed by atoms with van der Waals surface area (Å²) >= 11 is 0. The molecule has 2 unspecified atom stereocenters. The second kappa shape index (κ2) is 6.79. The molecule has 1 aromatic carbocycles. The fraction of sp³-hybridized carbons (Fsp3) is 0.375. The molecule has 1 aliphatic rings. The van der Waals surface area contributed by atoms with E-state index in [1.165, 1.54) is 16.7 Å². The van der Waals surface area contributed by atoms with Gasteiger partial charge in [-0.15, -0.1) is 5.10 Å². The number of rotatable bonds is 5. The molecule has 1 fully saturated rings. The highest BCUT2D eigenvalue weighted by atomic mass is 16.5. The van der Waals surface area contributed by atoms with Crippen molar-refractivity contribution in [1.82, 2.24) is 19.9 Å². The zero-order valence-electron chi connectivity index (χ0n) is 13.2. The molecule has 126 valence electrons. The Morgan fingerprint density at radius 2 is 2.08 bits per heavy atom. The SMILES string of the molecule is COC1CC(C(=O)O)N(C(=O)Cn2cc(-c3ccccc3)nn2)C1. The molecule has 2 aromatic rings. The van der Waals surface area contributed by atoms with Crippen LogP contribution in [0.1, 0.15) is 6.42 Å². The van der Waals surface area contributed by atoms with Crippen LogP contribution in [0, 0.1) is 0 Å². The van der Waals surface area contributed by atoms with Gasteiger partial charge in [0, 0.05) is 25.6 Å². The molecule has 8 heteroatoms. The predicted molar refractivity (Wildman–Crippen MR) is 84.0 cm³/mol. The van der Waals surface area contributed by atoms with Crippen molar-refractivity contribution in [2.24, 2.45) is 0 Å². The molecule has 1 aromatic heterocycles. The first-order valence-corrected chi connectivity index (χ1v) is 7.59. The Labute approximate surface area is 138 Å².